The Morgan fingerprint density at radius 2 is 0.490 bits per heavy atom. The van der Waals surface area contributed by atoms with E-state index in [2.05, 4.69) is 20.8 Å². The van der Waals surface area contributed by atoms with Crippen molar-refractivity contribution in [1.82, 2.24) is 0 Å². The molecule has 0 rings (SSSR count). The fraction of sp³-hybridized carbons (Fsp3) is 1.00. The fourth-order valence-corrected chi connectivity index (χ4v) is 10.1. The van der Waals surface area contributed by atoms with Crippen LogP contribution >= 0.6 is 0 Å². The molecule has 0 spiro atoms. The lowest BCUT2D eigenvalue weighted by Gasteiger charge is -2.30. The molecular weight excluding hydrogens is 643 g/mol. The first-order valence-corrected chi connectivity index (χ1v) is 25.8. The van der Waals surface area contributed by atoms with Crippen LogP contribution in [0.4, 0.5) is 0 Å². The van der Waals surface area contributed by atoms with E-state index in [0.717, 1.165) is 64.5 Å². The van der Waals surface area contributed by atoms with Gasteiger partial charge in [0.15, 0.2) is 0 Å². The quantitative estimate of drug-likeness (QED) is 0.0499. The Balaban J connectivity index is 4.53. The van der Waals surface area contributed by atoms with Crippen LogP contribution < -0.4 is 5.73 Å². The second-order valence-electron chi connectivity index (χ2n) is 16.1. The van der Waals surface area contributed by atoms with Crippen LogP contribution in [0.5, 0.6) is 0 Å². The summed E-state index contributed by atoms with van der Waals surface area (Å²) in [5, 5.41) is 0. The number of unbranched alkanes of at least 4 members (excludes halogenated alkanes) is 34. The Kier molecular flexibility index (Phi) is 44.5. The summed E-state index contributed by atoms with van der Waals surface area (Å²) >= 11 is 0. The van der Waals surface area contributed by atoms with Gasteiger partial charge in [0.25, 0.3) is 0 Å². The number of nitrogens with two attached hydrogens (primary N) is 1. The Morgan fingerprint density at radius 3 is 0.706 bits per heavy atom. The van der Waals surface area contributed by atoms with E-state index in [-0.39, 0.29) is 0 Å². The molecule has 0 saturated carbocycles. The van der Waals surface area contributed by atoms with Crippen molar-refractivity contribution in [2.45, 2.75) is 271 Å². The van der Waals surface area contributed by atoms with Gasteiger partial charge in [0.05, 0.1) is 0 Å². The molecule has 0 aliphatic carbocycles. The molecule has 0 aromatic heterocycles. The lowest BCUT2D eigenvalue weighted by molar-refractivity contribution is 0.0546. The lowest BCUT2D eigenvalue weighted by Crippen LogP contribution is -2.46. The highest BCUT2D eigenvalue weighted by Crippen LogP contribution is 2.23. The molecule has 0 fully saturated rings. The zero-order valence-corrected chi connectivity index (χ0v) is 36.7. The van der Waals surface area contributed by atoms with Gasteiger partial charge in [0.1, 0.15) is 0 Å². The molecule has 0 bridgehead atoms. The summed E-state index contributed by atoms with van der Waals surface area (Å²) in [5.74, 6) is 0. The average molecular weight is 740 g/mol. The van der Waals surface area contributed by atoms with Gasteiger partial charge in [-0.05, 0) is 38.6 Å². The van der Waals surface area contributed by atoms with E-state index in [1.165, 1.54) is 212 Å². The predicted octanol–water partition coefficient (Wildman–Crippen LogP) is 15.8. The van der Waals surface area contributed by atoms with E-state index < -0.39 is 8.80 Å². The van der Waals surface area contributed by atoms with E-state index in [9.17, 15) is 0 Å². The molecule has 0 saturated heterocycles. The highest BCUT2D eigenvalue weighted by molar-refractivity contribution is 6.60. The summed E-state index contributed by atoms with van der Waals surface area (Å²) in [6.07, 6.45) is 51.3. The molecule has 2 N–H and O–H groups in total. The Labute approximate surface area is 324 Å². The number of rotatable bonds is 46. The average Bonchev–Trinajstić information content (AvgIpc) is 3.14. The SMILES string of the molecule is CCCCCCCCCCCCCCO[Si](CCCCN)(OCCCCCCCCCCCCCC)OCCCCCCCCCCCCCC. The first-order chi connectivity index (χ1) is 25.2. The van der Waals surface area contributed by atoms with Crippen molar-refractivity contribution in [2.24, 2.45) is 5.73 Å². The van der Waals surface area contributed by atoms with Crippen LogP contribution in [0, 0.1) is 0 Å². The zero-order valence-electron chi connectivity index (χ0n) is 35.7. The molecule has 0 aromatic rings. The van der Waals surface area contributed by atoms with Crippen LogP contribution in [0.25, 0.3) is 0 Å². The molecule has 0 aliphatic rings. The smallest absolute Gasteiger partial charge is 0.373 e. The maximum Gasteiger partial charge on any atom is 0.500 e. The van der Waals surface area contributed by atoms with Crippen LogP contribution in [0.3, 0.4) is 0 Å². The lowest BCUT2D eigenvalue weighted by atomic mass is 10.1. The summed E-state index contributed by atoms with van der Waals surface area (Å²) in [6.45, 7) is 10.0. The standard InChI is InChI=1S/C46H97NO3Si/c1-4-7-10-13-16-19-22-25-28-31-34-38-43-48-51(46-41-37-42-47,49-44-39-35-32-29-26-23-20-17-14-11-8-5-2)50-45-40-36-33-30-27-24-21-18-15-12-9-6-3/h4-47H2,1-3H3. The Morgan fingerprint density at radius 1 is 0.275 bits per heavy atom. The molecule has 4 nitrogen and oxygen atoms in total. The van der Waals surface area contributed by atoms with E-state index in [1.807, 2.05) is 0 Å². The first kappa shape index (κ1) is 51.1. The maximum absolute atomic E-state index is 6.74. The van der Waals surface area contributed by atoms with Crippen molar-refractivity contribution >= 4 is 8.80 Å². The van der Waals surface area contributed by atoms with Crippen LogP contribution in [0.1, 0.15) is 265 Å². The third-order valence-electron chi connectivity index (χ3n) is 10.9. The molecule has 0 heterocycles. The molecule has 308 valence electrons. The Hall–Kier alpha value is 0.0569. The van der Waals surface area contributed by atoms with Gasteiger partial charge in [-0.15, -0.1) is 0 Å². The second kappa shape index (κ2) is 44.5. The minimum Gasteiger partial charge on any atom is -0.373 e. The molecule has 0 amide bonds. The molecule has 51 heavy (non-hydrogen) atoms. The van der Waals surface area contributed by atoms with E-state index in [4.69, 9.17) is 19.0 Å². The van der Waals surface area contributed by atoms with Crippen LogP contribution in [0.2, 0.25) is 6.04 Å². The highest BCUT2D eigenvalue weighted by Gasteiger charge is 2.40. The van der Waals surface area contributed by atoms with Crippen molar-refractivity contribution in [1.29, 1.82) is 0 Å². The van der Waals surface area contributed by atoms with Gasteiger partial charge < -0.3 is 19.0 Å². The topological polar surface area (TPSA) is 53.7 Å². The van der Waals surface area contributed by atoms with Crippen molar-refractivity contribution in [2.75, 3.05) is 26.4 Å². The van der Waals surface area contributed by atoms with Gasteiger partial charge in [-0.3, -0.25) is 0 Å². The van der Waals surface area contributed by atoms with Crippen molar-refractivity contribution in [3.8, 4) is 0 Å². The van der Waals surface area contributed by atoms with Crippen LogP contribution in [-0.4, -0.2) is 35.2 Å². The van der Waals surface area contributed by atoms with Crippen molar-refractivity contribution < 1.29 is 13.3 Å². The molecule has 0 radical (unpaired) electrons. The van der Waals surface area contributed by atoms with Crippen LogP contribution in [-0.2, 0) is 13.3 Å². The summed E-state index contributed by atoms with van der Waals surface area (Å²) < 4.78 is 20.2. The largest absolute Gasteiger partial charge is 0.500 e. The minimum atomic E-state index is -2.69. The van der Waals surface area contributed by atoms with E-state index in [1.54, 1.807) is 0 Å². The summed E-state index contributed by atoms with van der Waals surface area (Å²) in [6, 6.07) is 0.930. The van der Waals surface area contributed by atoms with E-state index >= 15 is 0 Å². The molecular formula is C46H97NO3Si. The summed E-state index contributed by atoms with van der Waals surface area (Å²) in [4.78, 5) is 0. The normalized spacial score (nSPS) is 12.0. The number of hydrogen-bond acceptors (Lipinski definition) is 4. The predicted molar refractivity (Wildman–Crippen MR) is 230 cm³/mol. The highest BCUT2D eigenvalue weighted by atomic mass is 28.4. The first-order valence-electron chi connectivity index (χ1n) is 23.9. The van der Waals surface area contributed by atoms with Gasteiger partial charge in [-0.25, -0.2) is 0 Å². The fourth-order valence-electron chi connectivity index (χ4n) is 7.34. The summed E-state index contributed by atoms with van der Waals surface area (Å²) in [5.41, 5.74) is 5.93. The Bertz CT molecular complexity index is 547. The van der Waals surface area contributed by atoms with E-state index in [0.29, 0.717) is 0 Å². The second-order valence-corrected chi connectivity index (χ2v) is 18.9. The number of hydrogen-bond donors (Lipinski definition) is 1. The van der Waals surface area contributed by atoms with Gasteiger partial charge in [-0.2, -0.15) is 0 Å². The summed E-state index contributed by atoms with van der Waals surface area (Å²) in [7, 11) is -2.69. The molecule has 0 atom stereocenters. The van der Waals surface area contributed by atoms with Gasteiger partial charge in [-0.1, -0.05) is 233 Å². The van der Waals surface area contributed by atoms with Crippen molar-refractivity contribution in [3.05, 3.63) is 0 Å². The third-order valence-corrected chi connectivity index (χ3v) is 13.8. The monoisotopic (exact) mass is 740 g/mol. The van der Waals surface area contributed by atoms with Gasteiger partial charge in [0, 0.05) is 25.9 Å². The molecule has 0 unspecified atom stereocenters. The maximum atomic E-state index is 6.74. The third kappa shape index (κ3) is 39.6. The van der Waals surface area contributed by atoms with Crippen LogP contribution in [0.15, 0.2) is 0 Å². The van der Waals surface area contributed by atoms with Crippen molar-refractivity contribution in [3.63, 3.8) is 0 Å². The van der Waals surface area contributed by atoms with Gasteiger partial charge >= 0.3 is 8.80 Å². The molecule has 0 aliphatic heterocycles. The van der Waals surface area contributed by atoms with Gasteiger partial charge in [0.2, 0.25) is 0 Å². The molecule has 5 heteroatoms. The minimum absolute atomic E-state index is 0.737. The molecule has 0 aromatic carbocycles. The zero-order chi connectivity index (χ0) is 37.0.